The predicted octanol–water partition coefficient (Wildman–Crippen LogP) is 3.75. The first-order valence-electron chi connectivity index (χ1n) is 7.84. The van der Waals surface area contributed by atoms with Crippen LogP contribution >= 0.6 is 15.9 Å². The molecule has 3 aromatic rings. The molecule has 1 amide bonds. The van der Waals surface area contributed by atoms with Crippen molar-refractivity contribution >= 4 is 27.5 Å². The van der Waals surface area contributed by atoms with Crippen molar-refractivity contribution < 1.29 is 14.1 Å². The summed E-state index contributed by atoms with van der Waals surface area (Å²) in [5, 5.41) is 13.9. The molecule has 0 saturated heterocycles. The van der Waals surface area contributed by atoms with Crippen molar-refractivity contribution in [1.82, 2.24) is 14.9 Å². The molecule has 0 radical (unpaired) electrons. The fraction of sp³-hybridized carbons (Fsp3) is 0.111. The van der Waals surface area contributed by atoms with E-state index in [2.05, 4.69) is 26.2 Å². The van der Waals surface area contributed by atoms with Crippen molar-refractivity contribution in [3.05, 3.63) is 92.2 Å². The summed E-state index contributed by atoms with van der Waals surface area (Å²) < 4.78 is 15.7. The van der Waals surface area contributed by atoms with E-state index in [1.807, 2.05) is 0 Å². The summed E-state index contributed by atoms with van der Waals surface area (Å²) in [4.78, 5) is 27.5. The molecule has 1 heterocycles. The smallest absolute Gasteiger partial charge is 0.284 e. The predicted molar refractivity (Wildman–Crippen MR) is 99.7 cm³/mol. The maximum Gasteiger partial charge on any atom is 0.284 e. The van der Waals surface area contributed by atoms with Gasteiger partial charge in [0.25, 0.3) is 11.6 Å². The number of halogens is 2. The molecular weight excluding hydrogens is 419 g/mol. The zero-order valence-electron chi connectivity index (χ0n) is 14.1. The highest BCUT2D eigenvalue weighted by Gasteiger charge is 2.23. The number of nitro benzene ring substituents is 1. The van der Waals surface area contributed by atoms with Crippen LogP contribution in [-0.4, -0.2) is 20.4 Å². The third kappa shape index (κ3) is 4.03. The van der Waals surface area contributed by atoms with E-state index >= 15 is 0 Å². The van der Waals surface area contributed by atoms with Crippen LogP contribution in [0.2, 0.25) is 0 Å². The van der Waals surface area contributed by atoms with Gasteiger partial charge in [-0.25, -0.2) is 9.37 Å². The van der Waals surface area contributed by atoms with E-state index in [1.165, 1.54) is 36.4 Å². The summed E-state index contributed by atoms with van der Waals surface area (Å²) in [6.45, 7) is 0. The summed E-state index contributed by atoms with van der Waals surface area (Å²) in [7, 11) is 1.76. The van der Waals surface area contributed by atoms with Gasteiger partial charge in [-0.3, -0.25) is 14.9 Å². The van der Waals surface area contributed by atoms with Crippen molar-refractivity contribution in [2.45, 2.75) is 6.04 Å². The first-order valence-corrected chi connectivity index (χ1v) is 8.63. The molecule has 1 atom stereocenters. The molecule has 1 unspecified atom stereocenters. The minimum absolute atomic E-state index is 0.112. The van der Waals surface area contributed by atoms with Crippen molar-refractivity contribution in [3.63, 3.8) is 0 Å². The van der Waals surface area contributed by atoms with Gasteiger partial charge in [-0.1, -0.05) is 12.1 Å². The number of nitro groups is 1. The molecule has 0 spiro atoms. The number of aromatic nitrogens is 2. The molecule has 138 valence electrons. The second kappa shape index (κ2) is 7.67. The number of carbonyl (C=O) groups excluding carboxylic acids is 1. The zero-order chi connectivity index (χ0) is 19.6. The Bertz CT molecular complexity index is 1020. The van der Waals surface area contributed by atoms with Gasteiger partial charge in [-0.05, 0) is 45.8 Å². The molecule has 0 bridgehead atoms. The highest BCUT2D eigenvalue weighted by atomic mass is 79.9. The van der Waals surface area contributed by atoms with Gasteiger partial charge in [0, 0.05) is 31.1 Å². The molecule has 0 saturated carbocycles. The third-order valence-corrected chi connectivity index (χ3v) is 4.65. The molecule has 1 aromatic heterocycles. The van der Waals surface area contributed by atoms with E-state index < -0.39 is 22.7 Å². The van der Waals surface area contributed by atoms with Crippen LogP contribution in [0.15, 0.2) is 59.3 Å². The average molecular weight is 433 g/mol. The van der Waals surface area contributed by atoms with Crippen molar-refractivity contribution in [1.29, 1.82) is 0 Å². The van der Waals surface area contributed by atoms with E-state index in [-0.39, 0.29) is 15.7 Å². The second-order valence-electron chi connectivity index (χ2n) is 5.78. The maximum atomic E-state index is 13.7. The molecule has 0 aliphatic rings. The minimum atomic E-state index is -0.726. The fourth-order valence-corrected chi connectivity index (χ4v) is 3.04. The number of benzene rings is 2. The Morgan fingerprint density at radius 2 is 2.11 bits per heavy atom. The number of aryl methyl sites for hydroxylation is 1. The standard InChI is InChI=1S/C18H14BrFN4O3/c1-23-8-7-21-17(23)16(11-3-2-4-13(20)9-11)22-18(25)12-5-6-14(19)15(10-12)24(26)27/h2-10,16H,1H3,(H,22,25). The summed E-state index contributed by atoms with van der Waals surface area (Å²) in [5.41, 5.74) is 0.395. The number of nitrogens with one attached hydrogen (secondary N) is 1. The summed E-state index contributed by atoms with van der Waals surface area (Å²) in [6, 6.07) is 9.18. The van der Waals surface area contributed by atoms with E-state index in [0.29, 0.717) is 11.4 Å². The van der Waals surface area contributed by atoms with Crippen molar-refractivity contribution in [2.75, 3.05) is 0 Å². The Hall–Kier alpha value is -3.07. The number of carbonyl (C=O) groups is 1. The molecule has 2 aromatic carbocycles. The van der Waals surface area contributed by atoms with E-state index in [9.17, 15) is 19.3 Å². The zero-order valence-corrected chi connectivity index (χ0v) is 15.7. The molecule has 3 rings (SSSR count). The van der Waals surface area contributed by atoms with E-state index in [1.54, 1.807) is 30.1 Å². The van der Waals surface area contributed by atoms with Crippen LogP contribution in [0.25, 0.3) is 0 Å². The van der Waals surface area contributed by atoms with Gasteiger partial charge in [0.15, 0.2) is 0 Å². The quantitative estimate of drug-likeness (QED) is 0.490. The average Bonchev–Trinajstić information content (AvgIpc) is 3.05. The van der Waals surface area contributed by atoms with E-state index in [0.717, 1.165) is 0 Å². The monoisotopic (exact) mass is 432 g/mol. The minimum Gasteiger partial charge on any atom is -0.338 e. The molecule has 27 heavy (non-hydrogen) atoms. The van der Waals surface area contributed by atoms with Crippen LogP contribution in [0.5, 0.6) is 0 Å². The Morgan fingerprint density at radius 3 is 2.74 bits per heavy atom. The highest BCUT2D eigenvalue weighted by Crippen LogP contribution is 2.27. The Labute approximate surface area is 162 Å². The topological polar surface area (TPSA) is 90.1 Å². The van der Waals surface area contributed by atoms with Crippen LogP contribution < -0.4 is 5.32 Å². The largest absolute Gasteiger partial charge is 0.338 e. The van der Waals surface area contributed by atoms with Gasteiger partial charge in [0.2, 0.25) is 0 Å². The van der Waals surface area contributed by atoms with Gasteiger partial charge < -0.3 is 9.88 Å². The number of hydrogen-bond donors (Lipinski definition) is 1. The summed E-state index contributed by atoms with van der Waals surface area (Å²) in [6.07, 6.45) is 3.27. The lowest BCUT2D eigenvalue weighted by atomic mass is 10.0. The van der Waals surface area contributed by atoms with E-state index in [4.69, 9.17) is 0 Å². The van der Waals surface area contributed by atoms with Gasteiger partial charge >= 0.3 is 0 Å². The summed E-state index contributed by atoms with van der Waals surface area (Å²) >= 11 is 3.09. The Kier molecular flexibility index (Phi) is 5.31. The van der Waals surface area contributed by atoms with Crippen LogP contribution in [0.3, 0.4) is 0 Å². The SMILES string of the molecule is Cn1ccnc1C(NC(=O)c1ccc(Br)c([N+](=O)[O-])c1)c1cccc(F)c1. The molecule has 7 nitrogen and oxygen atoms in total. The van der Waals surface area contributed by atoms with Crippen LogP contribution in [0.4, 0.5) is 10.1 Å². The van der Waals surface area contributed by atoms with Crippen LogP contribution in [-0.2, 0) is 7.05 Å². The second-order valence-corrected chi connectivity index (χ2v) is 6.64. The first-order chi connectivity index (χ1) is 12.9. The van der Waals surface area contributed by atoms with Crippen LogP contribution in [0.1, 0.15) is 27.8 Å². The number of amides is 1. The number of imidazole rings is 1. The number of nitrogens with zero attached hydrogens (tertiary/aromatic N) is 3. The molecule has 9 heteroatoms. The highest BCUT2D eigenvalue weighted by molar-refractivity contribution is 9.10. The lowest BCUT2D eigenvalue weighted by Crippen LogP contribution is -2.31. The summed E-state index contributed by atoms with van der Waals surface area (Å²) in [5.74, 6) is -0.483. The van der Waals surface area contributed by atoms with Gasteiger partial charge in [0.1, 0.15) is 17.7 Å². The first kappa shape index (κ1) is 18.7. The van der Waals surface area contributed by atoms with Crippen molar-refractivity contribution in [2.24, 2.45) is 7.05 Å². The third-order valence-electron chi connectivity index (χ3n) is 3.98. The Morgan fingerprint density at radius 1 is 1.33 bits per heavy atom. The van der Waals surface area contributed by atoms with Crippen LogP contribution in [0, 0.1) is 15.9 Å². The number of rotatable bonds is 5. The lowest BCUT2D eigenvalue weighted by Gasteiger charge is -2.19. The van der Waals surface area contributed by atoms with Gasteiger partial charge in [0.05, 0.1) is 9.40 Å². The normalized spacial score (nSPS) is 11.8. The fourth-order valence-electron chi connectivity index (χ4n) is 2.65. The molecule has 1 N–H and O–H groups in total. The lowest BCUT2D eigenvalue weighted by molar-refractivity contribution is -0.385. The Balaban J connectivity index is 1.98. The molecule has 0 fully saturated rings. The molecule has 0 aliphatic carbocycles. The molecule has 0 aliphatic heterocycles. The van der Waals surface area contributed by atoms with Crippen molar-refractivity contribution in [3.8, 4) is 0 Å². The number of hydrogen-bond acceptors (Lipinski definition) is 4. The van der Waals surface area contributed by atoms with Gasteiger partial charge in [-0.2, -0.15) is 0 Å². The van der Waals surface area contributed by atoms with Gasteiger partial charge in [-0.15, -0.1) is 0 Å². The maximum absolute atomic E-state index is 13.7. The molecular formula is C18H14BrFN4O3.